The summed E-state index contributed by atoms with van der Waals surface area (Å²) in [4.78, 5) is 0. The van der Waals surface area contributed by atoms with E-state index in [1.54, 1.807) is 7.11 Å². The van der Waals surface area contributed by atoms with Crippen LogP contribution < -0.4 is 10.1 Å². The van der Waals surface area contributed by atoms with Gasteiger partial charge in [-0.2, -0.15) is 5.10 Å². The summed E-state index contributed by atoms with van der Waals surface area (Å²) in [5, 5.41) is 8.50. The molecular formula is C16H22ClN3O. The standard InChI is InChI=1S/C16H22ClN3O/c1-11-16(17)15(20(3)19-11)10-13(18-2)9-12-5-7-14(21-4)8-6-12/h5-8,13,18H,9-10H2,1-4H3. The van der Waals surface area contributed by atoms with Gasteiger partial charge < -0.3 is 10.1 Å². The minimum atomic E-state index is 0.311. The molecule has 0 aliphatic heterocycles. The molecule has 0 aliphatic carbocycles. The van der Waals surface area contributed by atoms with Crippen LogP contribution in [-0.4, -0.2) is 30.0 Å². The third-order valence-electron chi connectivity index (χ3n) is 3.75. The van der Waals surface area contributed by atoms with Gasteiger partial charge in [0.1, 0.15) is 5.75 Å². The first-order chi connectivity index (χ1) is 10.0. The van der Waals surface area contributed by atoms with Crippen LogP contribution in [0.25, 0.3) is 0 Å². The highest BCUT2D eigenvalue weighted by Crippen LogP contribution is 2.22. The predicted octanol–water partition coefficient (Wildman–Crippen LogP) is 2.76. The highest BCUT2D eigenvalue weighted by Gasteiger charge is 2.16. The van der Waals surface area contributed by atoms with E-state index in [-0.39, 0.29) is 0 Å². The summed E-state index contributed by atoms with van der Waals surface area (Å²) in [7, 11) is 5.60. The Morgan fingerprint density at radius 1 is 1.29 bits per heavy atom. The molecule has 1 aromatic heterocycles. The summed E-state index contributed by atoms with van der Waals surface area (Å²) in [5.41, 5.74) is 3.22. The van der Waals surface area contributed by atoms with Crippen molar-refractivity contribution in [3.05, 3.63) is 46.2 Å². The van der Waals surface area contributed by atoms with Crippen LogP contribution in [0.4, 0.5) is 0 Å². The number of rotatable bonds is 6. The zero-order chi connectivity index (χ0) is 15.4. The second kappa shape index (κ2) is 6.96. The van der Waals surface area contributed by atoms with E-state index in [0.717, 1.165) is 35.0 Å². The number of nitrogens with one attached hydrogen (secondary N) is 1. The van der Waals surface area contributed by atoms with Crippen LogP contribution in [0, 0.1) is 6.92 Å². The SMILES string of the molecule is CNC(Cc1ccc(OC)cc1)Cc1c(Cl)c(C)nn1C. The van der Waals surface area contributed by atoms with Gasteiger partial charge in [0.05, 0.1) is 23.5 Å². The molecule has 0 aliphatic rings. The molecule has 0 saturated heterocycles. The number of ether oxygens (including phenoxy) is 1. The van der Waals surface area contributed by atoms with Gasteiger partial charge in [-0.25, -0.2) is 0 Å². The number of hydrogen-bond donors (Lipinski definition) is 1. The fraction of sp³-hybridized carbons (Fsp3) is 0.438. The molecule has 2 rings (SSSR count). The van der Waals surface area contributed by atoms with E-state index >= 15 is 0 Å². The van der Waals surface area contributed by atoms with Crippen LogP contribution >= 0.6 is 11.6 Å². The molecule has 1 heterocycles. The first kappa shape index (κ1) is 15.9. The number of methoxy groups -OCH3 is 1. The number of aromatic nitrogens is 2. The molecule has 0 spiro atoms. The number of nitrogens with zero attached hydrogens (tertiary/aromatic N) is 2. The van der Waals surface area contributed by atoms with Crippen molar-refractivity contribution in [2.75, 3.05) is 14.2 Å². The summed E-state index contributed by atoms with van der Waals surface area (Å²) >= 11 is 6.33. The maximum atomic E-state index is 6.33. The van der Waals surface area contributed by atoms with Crippen LogP contribution in [0.15, 0.2) is 24.3 Å². The molecule has 1 N–H and O–H groups in total. The molecule has 21 heavy (non-hydrogen) atoms. The van der Waals surface area contributed by atoms with Gasteiger partial charge in [-0.1, -0.05) is 23.7 Å². The lowest BCUT2D eigenvalue weighted by atomic mass is 10.0. The van der Waals surface area contributed by atoms with E-state index in [9.17, 15) is 0 Å². The molecule has 1 aromatic carbocycles. The van der Waals surface area contributed by atoms with E-state index in [1.807, 2.05) is 37.8 Å². The Morgan fingerprint density at radius 3 is 2.43 bits per heavy atom. The van der Waals surface area contributed by atoms with Gasteiger partial charge >= 0.3 is 0 Å². The maximum absolute atomic E-state index is 6.33. The molecule has 0 amide bonds. The van der Waals surface area contributed by atoms with Crippen LogP contribution in [0.2, 0.25) is 5.02 Å². The summed E-state index contributed by atoms with van der Waals surface area (Å²) in [6.07, 6.45) is 1.78. The Bertz CT molecular complexity index is 592. The third-order valence-corrected chi connectivity index (χ3v) is 4.24. The first-order valence-electron chi connectivity index (χ1n) is 7.03. The lowest BCUT2D eigenvalue weighted by Gasteiger charge is -2.17. The normalized spacial score (nSPS) is 12.4. The number of likely N-dealkylation sites (N-methyl/N-ethyl adjacent to an activating group) is 1. The summed E-state index contributed by atoms with van der Waals surface area (Å²) in [6.45, 7) is 1.93. The molecule has 4 nitrogen and oxygen atoms in total. The molecule has 114 valence electrons. The number of hydrogen-bond acceptors (Lipinski definition) is 3. The maximum Gasteiger partial charge on any atom is 0.118 e. The molecule has 0 radical (unpaired) electrons. The average Bonchev–Trinajstić information content (AvgIpc) is 2.73. The Kier molecular flexibility index (Phi) is 5.26. The smallest absolute Gasteiger partial charge is 0.118 e. The minimum absolute atomic E-state index is 0.311. The zero-order valence-electron chi connectivity index (χ0n) is 13.0. The lowest BCUT2D eigenvalue weighted by molar-refractivity contribution is 0.414. The van der Waals surface area contributed by atoms with Crippen LogP contribution in [0.3, 0.4) is 0 Å². The predicted molar refractivity (Wildman–Crippen MR) is 86.2 cm³/mol. The molecule has 0 fully saturated rings. The van der Waals surface area contributed by atoms with E-state index in [0.29, 0.717) is 6.04 Å². The highest BCUT2D eigenvalue weighted by atomic mass is 35.5. The van der Waals surface area contributed by atoms with Crippen molar-refractivity contribution in [3.63, 3.8) is 0 Å². The van der Waals surface area contributed by atoms with Gasteiger partial charge in [0.2, 0.25) is 0 Å². The average molecular weight is 308 g/mol. The number of aryl methyl sites for hydroxylation is 2. The van der Waals surface area contributed by atoms with Gasteiger partial charge in [0, 0.05) is 19.5 Å². The van der Waals surface area contributed by atoms with Crippen LogP contribution in [0.5, 0.6) is 5.75 Å². The molecule has 2 aromatic rings. The van der Waals surface area contributed by atoms with E-state index in [4.69, 9.17) is 16.3 Å². The van der Waals surface area contributed by atoms with Gasteiger partial charge in [-0.15, -0.1) is 0 Å². The lowest BCUT2D eigenvalue weighted by Crippen LogP contribution is -2.30. The van der Waals surface area contributed by atoms with Crippen molar-refractivity contribution < 1.29 is 4.74 Å². The van der Waals surface area contributed by atoms with Gasteiger partial charge in [-0.05, 0) is 38.1 Å². The van der Waals surface area contributed by atoms with Crippen molar-refractivity contribution in [3.8, 4) is 5.75 Å². The van der Waals surface area contributed by atoms with Gasteiger partial charge in [0.15, 0.2) is 0 Å². The quantitative estimate of drug-likeness (QED) is 0.892. The Balaban J connectivity index is 2.09. The first-order valence-corrected chi connectivity index (χ1v) is 7.41. The van der Waals surface area contributed by atoms with Crippen molar-refractivity contribution in [1.29, 1.82) is 0 Å². The van der Waals surface area contributed by atoms with E-state index < -0.39 is 0 Å². The summed E-state index contributed by atoms with van der Waals surface area (Å²) < 4.78 is 7.06. The second-order valence-corrected chi connectivity index (χ2v) is 5.59. The second-order valence-electron chi connectivity index (χ2n) is 5.21. The van der Waals surface area contributed by atoms with Gasteiger partial charge in [-0.3, -0.25) is 4.68 Å². The monoisotopic (exact) mass is 307 g/mol. The van der Waals surface area contributed by atoms with Crippen molar-refractivity contribution >= 4 is 11.6 Å². The van der Waals surface area contributed by atoms with Crippen molar-refractivity contribution in [2.24, 2.45) is 7.05 Å². The molecule has 1 atom stereocenters. The molecule has 0 saturated carbocycles. The zero-order valence-corrected chi connectivity index (χ0v) is 13.7. The minimum Gasteiger partial charge on any atom is -0.497 e. The topological polar surface area (TPSA) is 39.1 Å². The van der Waals surface area contributed by atoms with Crippen molar-refractivity contribution in [2.45, 2.75) is 25.8 Å². The van der Waals surface area contributed by atoms with Crippen LogP contribution in [0.1, 0.15) is 17.0 Å². The fourth-order valence-corrected chi connectivity index (χ4v) is 2.69. The Labute approximate surface area is 131 Å². The third kappa shape index (κ3) is 3.77. The van der Waals surface area contributed by atoms with E-state index in [1.165, 1.54) is 5.56 Å². The Morgan fingerprint density at radius 2 is 1.95 bits per heavy atom. The van der Waals surface area contributed by atoms with E-state index in [2.05, 4.69) is 22.5 Å². The number of halogens is 1. The molecule has 1 unspecified atom stereocenters. The Hall–Kier alpha value is -1.52. The fourth-order valence-electron chi connectivity index (χ4n) is 2.46. The van der Waals surface area contributed by atoms with Gasteiger partial charge in [0.25, 0.3) is 0 Å². The molecule has 5 heteroatoms. The highest BCUT2D eigenvalue weighted by molar-refractivity contribution is 6.31. The molecule has 0 bridgehead atoms. The summed E-state index contributed by atoms with van der Waals surface area (Å²) in [5.74, 6) is 0.880. The molecular weight excluding hydrogens is 286 g/mol. The van der Waals surface area contributed by atoms with Crippen LogP contribution in [-0.2, 0) is 19.9 Å². The number of benzene rings is 1. The summed E-state index contributed by atoms with van der Waals surface area (Å²) in [6, 6.07) is 8.48. The largest absolute Gasteiger partial charge is 0.497 e. The van der Waals surface area contributed by atoms with Crippen molar-refractivity contribution in [1.82, 2.24) is 15.1 Å².